The van der Waals surface area contributed by atoms with Crippen LogP contribution in [0.1, 0.15) is 11.5 Å². The second kappa shape index (κ2) is 6.36. The van der Waals surface area contributed by atoms with Crippen molar-refractivity contribution >= 4 is 23.2 Å². The van der Waals surface area contributed by atoms with Crippen LogP contribution in [-0.2, 0) is 4.79 Å². The van der Waals surface area contributed by atoms with Gasteiger partial charge in [0.05, 0.1) is 12.5 Å². The number of amides is 1. The average molecular weight is 276 g/mol. The Kier molecular flexibility index (Phi) is 4.55. The summed E-state index contributed by atoms with van der Waals surface area (Å²) in [5, 5.41) is 12.7. The van der Waals surface area contributed by atoms with E-state index in [1.807, 2.05) is 18.2 Å². The van der Waals surface area contributed by atoms with E-state index in [4.69, 9.17) is 11.6 Å². The largest absolute Gasteiger partial charge is 0.395 e. The molecule has 0 saturated carbocycles. The van der Waals surface area contributed by atoms with Gasteiger partial charge in [0.2, 0.25) is 5.91 Å². The van der Waals surface area contributed by atoms with Crippen LogP contribution in [0.25, 0.3) is 0 Å². The lowest BCUT2D eigenvalue weighted by Crippen LogP contribution is -2.24. The summed E-state index contributed by atoms with van der Waals surface area (Å²) in [7, 11) is 0. The van der Waals surface area contributed by atoms with Gasteiger partial charge in [0, 0.05) is 10.7 Å². The monoisotopic (exact) mass is 275 g/mol. The lowest BCUT2D eigenvalue weighted by Gasteiger charge is -2.16. The number of rotatable bonds is 4. The van der Waals surface area contributed by atoms with Crippen molar-refractivity contribution in [2.24, 2.45) is 0 Å². The lowest BCUT2D eigenvalue weighted by atomic mass is 9.99. The molecule has 2 rings (SSSR count). The first-order valence-corrected chi connectivity index (χ1v) is 6.31. The van der Waals surface area contributed by atoms with E-state index in [0.29, 0.717) is 16.3 Å². The molecule has 1 amide bonds. The van der Waals surface area contributed by atoms with Crippen molar-refractivity contribution in [2.75, 3.05) is 11.9 Å². The number of hydrogen-bond acceptors (Lipinski definition) is 2. The molecule has 1 unspecified atom stereocenters. The molecule has 0 radical (unpaired) electrons. The lowest BCUT2D eigenvalue weighted by molar-refractivity contribution is -0.118. The van der Waals surface area contributed by atoms with Gasteiger partial charge in [-0.1, -0.05) is 48.0 Å². The molecule has 0 aliphatic rings. The maximum Gasteiger partial charge on any atom is 0.234 e. The first-order chi connectivity index (χ1) is 9.22. The molecule has 0 fully saturated rings. The van der Waals surface area contributed by atoms with Gasteiger partial charge in [-0.3, -0.25) is 4.79 Å². The fraction of sp³-hybridized carbons (Fsp3) is 0.133. The number of anilines is 1. The summed E-state index contributed by atoms with van der Waals surface area (Å²) in [5.41, 5.74) is 1.32. The van der Waals surface area contributed by atoms with E-state index in [2.05, 4.69) is 5.32 Å². The molecule has 0 aliphatic carbocycles. The SMILES string of the molecule is O=C(Nc1ccccc1)C(CO)c1ccccc1Cl. The van der Waals surface area contributed by atoms with Crippen LogP contribution in [0.15, 0.2) is 54.6 Å². The summed E-state index contributed by atoms with van der Waals surface area (Å²) >= 11 is 6.05. The summed E-state index contributed by atoms with van der Waals surface area (Å²) in [6.45, 7) is -0.289. The molecule has 3 nitrogen and oxygen atoms in total. The van der Waals surface area contributed by atoms with Gasteiger partial charge < -0.3 is 10.4 Å². The van der Waals surface area contributed by atoms with Crippen LogP contribution in [0.5, 0.6) is 0 Å². The number of hydrogen-bond donors (Lipinski definition) is 2. The summed E-state index contributed by atoms with van der Waals surface area (Å²) in [4.78, 5) is 12.2. The first-order valence-electron chi connectivity index (χ1n) is 5.93. The molecule has 1 atom stereocenters. The number of aliphatic hydroxyl groups is 1. The van der Waals surface area contributed by atoms with Crippen molar-refractivity contribution in [3.8, 4) is 0 Å². The van der Waals surface area contributed by atoms with Gasteiger partial charge in [0.1, 0.15) is 0 Å². The molecule has 0 heterocycles. The minimum absolute atomic E-state index is 0.276. The normalized spacial score (nSPS) is 11.9. The molecule has 0 saturated heterocycles. The summed E-state index contributed by atoms with van der Waals surface area (Å²) in [6.07, 6.45) is 0. The fourth-order valence-corrected chi connectivity index (χ4v) is 2.10. The third-order valence-electron chi connectivity index (χ3n) is 2.82. The second-order valence-corrected chi connectivity index (χ2v) is 4.52. The quantitative estimate of drug-likeness (QED) is 0.901. The molecule has 2 aromatic rings. The van der Waals surface area contributed by atoms with Gasteiger partial charge in [-0.25, -0.2) is 0 Å². The Bertz CT molecular complexity index is 557. The maximum absolute atomic E-state index is 12.2. The number of aliphatic hydroxyl groups excluding tert-OH is 1. The van der Waals surface area contributed by atoms with Crippen molar-refractivity contribution in [3.63, 3.8) is 0 Å². The van der Waals surface area contributed by atoms with E-state index in [9.17, 15) is 9.90 Å². The zero-order chi connectivity index (χ0) is 13.7. The number of nitrogens with one attached hydrogen (secondary N) is 1. The molecule has 19 heavy (non-hydrogen) atoms. The van der Waals surface area contributed by atoms with Crippen LogP contribution in [0.3, 0.4) is 0 Å². The van der Waals surface area contributed by atoms with Gasteiger partial charge in [-0.15, -0.1) is 0 Å². The Hall–Kier alpha value is -1.84. The zero-order valence-corrected chi connectivity index (χ0v) is 11.0. The van der Waals surface area contributed by atoms with Gasteiger partial charge >= 0.3 is 0 Å². The molecular weight excluding hydrogens is 262 g/mol. The summed E-state index contributed by atoms with van der Waals surface area (Å²) < 4.78 is 0. The molecule has 2 aromatic carbocycles. The number of para-hydroxylation sites is 1. The van der Waals surface area contributed by atoms with E-state index in [1.54, 1.807) is 36.4 Å². The Morgan fingerprint density at radius 3 is 2.37 bits per heavy atom. The average Bonchev–Trinajstić information content (AvgIpc) is 2.43. The van der Waals surface area contributed by atoms with Crippen LogP contribution in [0.4, 0.5) is 5.69 Å². The predicted molar refractivity (Wildman–Crippen MR) is 76.4 cm³/mol. The molecule has 4 heteroatoms. The van der Waals surface area contributed by atoms with Crippen LogP contribution in [0, 0.1) is 0 Å². The van der Waals surface area contributed by atoms with Crippen LogP contribution >= 0.6 is 11.6 Å². The standard InChI is InChI=1S/C15H14ClNO2/c16-14-9-5-4-8-12(14)13(10-18)15(19)17-11-6-2-1-3-7-11/h1-9,13,18H,10H2,(H,17,19). The predicted octanol–water partition coefficient (Wildman–Crippen LogP) is 3.05. The number of carbonyl (C=O) groups is 1. The summed E-state index contributed by atoms with van der Waals surface area (Å²) in [5.74, 6) is -0.948. The molecule has 0 aromatic heterocycles. The minimum atomic E-state index is -0.672. The van der Waals surface area contributed by atoms with Crippen LogP contribution in [0.2, 0.25) is 5.02 Å². The highest BCUT2D eigenvalue weighted by molar-refractivity contribution is 6.31. The molecule has 0 bridgehead atoms. The highest BCUT2D eigenvalue weighted by Gasteiger charge is 2.21. The molecule has 2 N–H and O–H groups in total. The van der Waals surface area contributed by atoms with Crippen LogP contribution in [-0.4, -0.2) is 17.6 Å². The maximum atomic E-state index is 12.2. The van der Waals surface area contributed by atoms with Crippen LogP contribution < -0.4 is 5.32 Å². The Balaban J connectivity index is 2.19. The van der Waals surface area contributed by atoms with Crippen molar-refractivity contribution in [2.45, 2.75) is 5.92 Å². The fourth-order valence-electron chi connectivity index (χ4n) is 1.83. The molecule has 0 spiro atoms. The van der Waals surface area contributed by atoms with E-state index < -0.39 is 5.92 Å². The highest BCUT2D eigenvalue weighted by atomic mass is 35.5. The highest BCUT2D eigenvalue weighted by Crippen LogP contribution is 2.25. The topological polar surface area (TPSA) is 49.3 Å². The van der Waals surface area contributed by atoms with Gasteiger partial charge in [0.15, 0.2) is 0 Å². The smallest absolute Gasteiger partial charge is 0.234 e. The van der Waals surface area contributed by atoms with E-state index in [-0.39, 0.29) is 12.5 Å². The minimum Gasteiger partial charge on any atom is -0.395 e. The van der Waals surface area contributed by atoms with E-state index >= 15 is 0 Å². The molecule has 98 valence electrons. The third-order valence-corrected chi connectivity index (χ3v) is 3.17. The van der Waals surface area contributed by atoms with E-state index in [1.165, 1.54) is 0 Å². The summed E-state index contributed by atoms with van der Waals surface area (Å²) in [6, 6.07) is 16.1. The Morgan fingerprint density at radius 2 is 1.74 bits per heavy atom. The van der Waals surface area contributed by atoms with Crippen molar-refractivity contribution in [1.82, 2.24) is 0 Å². The Labute approximate surface area is 116 Å². The van der Waals surface area contributed by atoms with Crippen molar-refractivity contribution in [3.05, 3.63) is 65.2 Å². The Morgan fingerprint density at radius 1 is 1.11 bits per heavy atom. The van der Waals surface area contributed by atoms with Gasteiger partial charge in [0.25, 0.3) is 0 Å². The van der Waals surface area contributed by atoms with Crippen molar-refractivity contribution in [1.29, 1.82) is 0 Å². The van der Waals surface area contributed by atoms with E-state index in [0.717, 1.165) is 0 Å². The third kappa shape index (κ3) is 3.34. The number of carbonyl (C=O) groups excluding carboxylic acids is 1. The first kappa shape index (κ1) is 13.6. The second-order valence-electron chi connectivity index (χ2n) is 4.11. The zero-order valence-electron chi connectivity index (χ0n) is 10.2. The van der Waals surface area contributed by atoms with Gasteiger partial charge in [-0.2, -0.15) is 0 Å². The molecule has 0 aliphatic heterocycles. The molecular formula is C15H14ClNO2. The number of benzene rings is 2. The van der Waals surface area contributed by atoms with Gasteiger partial charge in [-0.05, 0) is 23.8 Å². The number of halogens is 1. The van der Waals surface area contributed by atoms with Crippen molar-refractivity contribution < 1.29 is 9.90 Å².